The molecule has 0 spiro atoms. The Hall–Kier alpha value is -3.00. The summed E-state index contributed by atoms with van der Waals surface area (Å²) >= 11 is 6.31. The van der Waals surface area contributed by atoms with E-state index in [0.717, 1.165) is 24.2 Å². The van der Waals surface area contributed by atoms with Crippen LogP contribution in [0.25, 0.3) is 5.69 Å². The van der Waals surface area contributed by atoms with Gasteiger partial charge in [0.15, 0.2) is 5.82 Å². The van der Waals surface area contributed by atoms with E-state index in [1.54, 1.807) is 35.1 Å². The summed E-state index contributed by atoms with van der Waals surface area (Å²) in [6.07, 6.45) is 3.72. The molecular weight excluding hydrogens is 368 g/mol. The van der Waals surface area contributed by atoms with E-state index in [0.29, 0.717) is 22.3 Å². The van der Waals surface area contributed by atoms with Crippen LogP contribution < -0.4 is 10.9 Å². The molecule has 138 valence electrons. The highest BCUT2D eigenvalue weighted by Gasteiger charge is 2.30. The number of benzene rings is 1. The summed E-state index contributed by atoms with van der Waals surface area (Å²) in [5.74, 6) is 0.808. The normalized spacial score (nSPS) is 13.6. The molecule has 1 aliphatic rings. The number of pyridine rings is 1. The minimum atomic E-state index is -0.312. The molecule has 0 bridgehead atoms. The predicted octanol–water partition coefficient (Wildman–Crippen LogP) is 2.30. The fourth-order valence-corrected chi connectivity index (χ4v) is 3.00. The Bertz CT molecular complexity index is 1070. The van der Waals surface area contributed by atoms with Gasteiger partial charge in [-0.1, -0.05) is 11.6 Å². The smallest absolute Gasteiger partial charge is 0.251 e. The third kappa shape index (κ3) is 3.75. The van der Waals surface area contributed by atoms with Gasteiger partial charge >= 0.3 is 0 Å². The van der Waals surface area contributed by atoms with Crippen LogP contribution in [0.3, 0.4) is 0 Å². The fraction of sp³-hybridized carbons (Fsp3) is 0.278. The van der Waals surface area contributed by atoms with Crippen LogP contribution in [0.5, 0.6) is 0 Å². The Kier molecular flexibility index (Phi) is 4.49. The Morgan fingerprint density at radius 3 is 2.85 bits per heavy atom. The first-order valence-electron chi connectivity index (χ1n) is 8.56. The Balaban J connectivity index is 1.55. The minimum Gasteiger partial charge on any atom is -0.324 e. The largest absolute Gasteiger partial charge is 0.324 e. The number of tetrazole rings is 1. The van der Waals surface area contributed by atoms with Crippen LogP contribution in [0.4, 0.5) is 5.69 Å². The quantitative estimate of drug-likeness (QED) is 0.728. The summed E-state index contributed by atoms with van der Waals surface area (Å²) in [5.41, 5.74) is 1.79. The van der Waals surface area contributed by atoms with Gasteiger partial charge in [-0.15, -0.1) is 5.10 Å². The third-order valence-corrected chi connectivity index (χ3v) is 4.68. The van der Waals surface area contributed by atoms with Crippen molar-refractivity contribution in [1.29, 1.82) is 0 Å². The second kappa shape index (κ2) is 6.96. The first-order chi connectivity index (χ1) is 13.0. The topological polar surface area (TPSA) is 94.7 Å². The van der Waals surface area contributed by atoms with E-state index in [-0.39, 0.29) is 18.0 Å². The summed E-state index contributed by atoms with van der Waals surface area (Å²) in [6, 6.07) is 8.38. The number of carbonyl (C=O) groups is 1. The summed E-state index contributed by atoms with van der Waals surface area (Å²) in [6.45, 7) is 1.76. The number of aryl methyl sites for hydroxylation is 1. The predicted molar refractivity (Wildman–Crippen MR) is 100 cm³/mol. The van der Waals surface area contributed by atoms with Crippen molar-refractivity contribution >= 4 is 23.2 Å². The Morgan fingerprint density at radius 2 is 2.11 bits per heavy atom. The monoisotopic (exact) mass is 384 g/mol. The highest BCUT2D eigenvalue weighted by molar-refractivity contribution is 6.32. The molecule has 9 heteroatoms. The number of nitrogens with one attached hydrogen (secondary N) is 1. The van der Waals surface area contributed by atoms with Gasteiger partial charge in [0.2, 0.25) is 5.91 Å². The molecule has 8 nitrogen and oxygen atoms in total. The molecule has 0 saturated heterocycles. The number of rotatable bonds is 5. The van der Waals surface area contributed by atoms with E-state index < -0.39 is 0 Å². The van der Waals surface area contributed by atoms with Crippen LogP contribution in [0.1, 0.15) is 30.1 Å². The SMILES string of the molecule is Cc1ccn(CC(=O)Nc2ccc(Cl)c(-n3nnnc3C3CC3)c2)c(=O)c1. The van der Waals surface area contributed by atoms with Crippen molar-refractivity contribution in [3.63, 3.8) is 0 Å². The maximum atomic E-state index is 12.3. The lowest BCUT2D eigenvalue weighted by Gasteiger charge is -2.11. The van der Waals surface area contributed by atoms with Gasteiger partial charge in [0.25, 0.3) is 5.56 Å². The lowest BCUT2D eigenvalue weighted by atomic mass is 10.2. The molecule has 2 heterocycles. The zero-order chi connectivity index (χ0) is 19.0. The van der Waals surface area contributed by atoms with Crippen molar-refractivity contribution in [1.82, 2.24) is 24.8 Å². The van der Waals surface area contributed by atoms with E-state index in [4.69, 9.17) is 11.6 Å². The molecule has 4 rings (SSSR count). The Morgan fingerprint density at radius 1 is 1.30 bits per heavy atom. The molecular formula is C18H17ClN6O2. The molecule has 1 N–H and O–H groups in total. The maximum absolute atomic E-state index is 12.3. The van der Waals surface area contributed by atoms with Crippen molar-refractivity contribution in [3.05, 3.63) is 63.3 Å². The lowest BCUT2D eigenvalue weighted by Crippen LogP contribution is -2.26. The molecule has 1 aromatic carbocycles. The van der Waals surface area contributed by atoms with E-state index in [2.05, 4.69) is 20.8 Å². The Labute approximate surface area is 159 Å². The van der Waals surface area contributed by atoms with Crippen molar-refractivity contribution in [2.75, 3.05) is 5.32 Å². The number of aromatic nitrogens is 5. The second-order valence-corrected chi connectivity index (χ2v) is 7.01. The van der Waals surface area contributed by atoms with Gasteiger partial charge in [-0.25, -0.2) is 0 Å². The summed E-state index contributed by atoms with van der Waals surface area (Å²) in [7, 11) is 0. The molecule has 1 fully saturated rings. The maximum Gasteiger partial charge on any atom is 0.251 e. The summed E-state index contributed by atoms with van der Waals surface area (Å²) in [5, 5.41) is 15.1. The van der Waals surface area contributed by atoms with Crippen LogP contribution in [0.2, 0.25) is 5.02 Å². The molecule has 1 saturated carbocycles. The highest BCUT2D eigenvalue weighted by atomic mass is 35.5. The van der Waals surface area contributed by atoms with Crippen molar-refractivity contribution in [2.45, 2.75) is 32.2 Å². The molecule has 0 aliphatic heterocycles. The average molecular weight is 385 g/mol. The van der Waals surface area contributed by atoms with Crippen LogP contribution in [0.15, 0.2) is 41.3 Å². The zero-order valence-corrected chi connectivity index (χ0v) is 15.3. The number of carbonyl (C=O) groups excluding carboxylic acids is 1. The van der Waals surface area contributed by atoms with E-state index >= 15 is 0 Å². The minimum absolute atomic E-state index is 0.0741. The van der Waals surface area contributed by atoms with Crippen LogP contribution in [-0.2, 0) is 11.3 Å². The average Bonchev–Trinajstić information content (AvgIpc) is 3.36. The van der Waals surface area contributed by atoms with E-state index in [1.807, 2.05) is 6.92 Å². The fourth-order valence-electron chi connectivity index (χ4n) is 2.81. The number of halogens is 1. The molecule has 0 atom stereocenters. The van der Waals surface area contributed by atoms with Gasteiger partial charge in [0, 0.05) is 23.9 Å². The molecule has 1 amide bonds. The molecule has 0 unspecified atom stereocenters. The number of amides is 1. The van der Waals surface area contributed by atoms with Gasteiger partial charge in [-0.3, -0.25) is 9.59 Å². The molecule has 3 aromatic rings. The number of nitrogens with zero attached hydrogens (tertiary/aromatic N) is 5. The van der Waals surface area contributed by atoms with Gasteiger partial charge < -0.3 is 9.88 Å². The van der Waals surface area contributed by atoms with E-state index in [1.165, 1.54) is 10.6 Å². The first-order valence-corrected chi connectivity index (χ1v) is 8.94. The highest BCUT2D eigenvalue weighted by Crippen LogP contribution is 2.39. The molecule has 0 radical (unpaired) electrons. The van der Waals surface area contributed by atoms with Crippen LogP contribution >= 0.6 is 11.6 Å². The summed E-state index contributed by atoms with van der Waals surface area (Å²) in [4.78, 5) is 24.3. The van der Waals surface area contributed by atoms with Crippen molar-refractivity contribution in [2.24, 2.45) is 0 Å². The van der Waals surface area contributed by atoms with Crippen LogP contribution in [0, 0.1) is 6.92 Å². The van der Waals surface area contributed by atoms with Gasteiger partial charge in [0.1, 0.15) is 6.54 Å². The molecule has 1 aliphatic carbocycles. The summed E-state index contributed by atoms with van der Waals surface area (Å²) < 4.78 is 2.96. The van der Waals surface area contributed by atoms with Gasteiger partial charge in [-0.05, 0) is 60.0 Å². The van der Waals surface area contributed by atoms with Crippen molar-refractivity contribution < 1.29 is 4.79 Å². The van der Waals surface area contributed by atoms with Gasteiger partial charge in [-0.2, -0.15) is 4.68 Å². The van der Waals surface area contributed by atoms with Crippen molar-refractivity contribution in [3.8, 4) is 5.69 Å². The number of anilines is 1. The van der Waals surface area contributed by atoms with Crippen LogP contribution in [-0.4, -0.2) is 30.7 Å². The first kappa shape index (κ1) is 17.4. The second-order valence-electron chi connectivity index (χ2n) is 6.61. The molecule has 2 aromatic heterocycles. The lowest BCUT2D eigenvalue weighted by molar-refractivity contribution is -0.116. The number of hydrogen-bond donors (Lipinski definition) is 1. The van der Waals surface area contributed by atoms with E-state index in [9.17, 15) is 9.59 Å². The molecule has 27 heavy (non-hydrogen) atoms. The number of hydrogen-bond acceptors (Lipinski definition) is 5. The zero-order valence-electron chi connectivity index (χ0n) is 14.6. The standard InChI is InChI=1S/C18H17ClN6O2/c1-11-6-7-24(17(27)8-11)10-16(26)20-13-4-5-14(19)15(9-13)25-18(12-2-3-12)21-22-23-25/h4-9,12H,2-3,10H2,1H3,(H,20,26). The third-order valence-electron chi connectivity index (χ3n) is 4.36. The van der Waals surface area contributed by atoms with Gasteiger partial charge in [0.05, 0.1) is 10.7 Å².